The van der Waals surface area contributed by atoms with Gasteiger partial charge in [-0.1, -0.05) is 23.4 Å². The van der Waals surface area contributed by atoms with E-state index in [0.717, 1.165) is 23.1 Å². The van der Waals surface area contributed by atoms with E-state index in [9.17, 15) is 0 Å². The zero-order valence-corrected chi connectivity index (χ0v) is 8.94. The molecular weight excluding hydrogens is 206 g/mol. The number of nitrogens with zero attached hydrogens (tertiary/aromatic N) is 2. The number of fused-ring (bicyclic) bond motifs is 1. The van der Waals surface area contributed by atoms with Gasteiger partial charge in [0, 0.05) is 18.2 Å². The molecule has 0 bridgehead atoms. The standard InChI is InChI=1S/C11H13N3O2/c1-12-11(14-16)9-4-2-3-8-7(9)5-6-10(8)13-15/h2-4,15-16H,5-6H2,1H3,(H,12,14)/b13-10-. The maximum atomic E-state index is 8.97. The predicted octanol–water partition coefficient (Wildman–Crippen LogP) is 1.17. The van der Waals surface area contributed by atoms with Crippen molar-refractivity contribution < 1.29 is 10.4 Å². The lowest BCUT2D eigenvalue weighted by molar-refractivity contribution is 0.235. The van der Waals surface area contributed by atoms with Crippen molar-refractivity contribution in [1.29, 1.82) is 0 Å². The van der Waals surface area contributed by atoms with E-state index in [1.54, 1.807) is 7.05 Å². The van der Waals surface area contributed by atoms with Crippen molar-refractivity contribution >= 4 is 11.5 Å². The van der Waals surface area contributed by atoms with Crippen molar-refractivity contribution in [1.82, 2.24) is 5.48 Å². The third kappa shape index (κ3) is 1.55. The molecule has 0 fully saturated rings. The van der Waals surface area contributed by atoms with Gasteiger partial charge in [0.05, 0.1) is 5.71 Å². The Morgan fingerprint density at radius 1 is 1.38 bits per heavy atom. The first-order chi connectivity index (χ1) is 7.81. The van der Waals surface area contributed by atoms with E-state index in [4.69, 9.17) is 10.4 Å². The van der Waals surface area contributed by atoms with E-state index in [0.29, 0.717) is 18.0 Å². The molecule has 1 aromatic rings. The van der Waals surface area contributed by atoms with Crippen LogP contribution in [0, 0.1) is 0 Å². The molecule has 5 nitrogen and oxygen atoms in total. The monoisotopic (exact) mass is 219 g/mol. The molecule has 84 valence electrons. The summed E-state index contributed by atoms with van der Waals surface area (Å²) in [7, 11) is 1.61. The average molecular weight is 219 g/mol. The van der Waals surface area contributed by atoms with Gasteiger partial charge >= 0.3 is 0 Å². The first-order valence-electron chi connectivity index (χ1n) is 5.02. The average Bonchev–Trinajstić information content (AvgIpc) is 2.74. The Balaban J connectivity index is 2.55. The van der Waals surface area contributed by atoms with Crippen molar-refractivity contribution in [2.24, 2.45) is 10.1 Å². The quantitative estimate of drug-likeness (QED) is 0.287. The summed E-state index contributed by atoms with van der Waals surface area (Å²) >= 11 is 0. The number of oxime groups is 1. The van der Waals surface area contributed by atoms with Crippen LogP contribution in [-0.2, 0) is 6.42 Å². The van der Waals surface area contributed by atoms with E-state index in [-0.39, 0.29) is 0 Å². The Labute approximate surface area is 93.1 Å². The summed E-state index contributed by atoms with van der Waals surface area (Å²) in [5, 5.41) is 21.1. The van der Waals surface area contributed by atoms with Crippen molar-refractivity contribution in [2.75, 3.05) is 7.05 Å². The highest BCUT2D eigenvalue weighted by molar-refractivity contribution is 6.08. The van der Waals surface area contributed by atoms with E-state index in [1.165, 1.54) is 0 Å². The van der Waals surface area contributed by atoms with Crippen LogP contribution in [0.2, 0.25) is 0 Å². The Hall–Kier alpha value is -1.88. The Morgan fingerprint density at radius 3 is 2.81 bits per heavy atom. The predicted molar refractivity (Wildman–Crippen MR) is 60.5 cm³/mol. The van der Waals surface area contributed by atoms with E-state index >= 15 is 0 Å². The molecule has 0 aromatic heterocycles. The van der Waals surface area contributed by atoms with Gasteiger partial charge in [-0.15, -0.1) is 0 Å². The summed E-state index contributed by atoms with van der Waals surface area (Å²) in [5.74, 6) is 0.427. The molecule has 0 heterocycles. The minimum absolute atomic E-state index is 0.427. The van der Waals surface area contributed by atoms with Gasteiger partial charge in [-0.3, -0.25) is 15.7 Å². The molecule has 0 saturated carbocycles. The van der Waals surface area contributed by atoms with Gasteiger partial charge < -0.3 is 5.21 Å². The number of benzene rings is 1. The van der Waals surface area contributed by atoms with Gasteiger partial charge in [0.1, 0.15) is 0 Å². The summed E-state index contributed by atoms with van der Waals surface area (Å²) in [4.78, 5) is 3.96. The van der Waals surface area contributed by atoms with Gasteiger partial charge in [0.25, 0.3) is 0 Å². The van der Waals surface area contributed by atoms with Crippen LogP contribution < -0.4 is 5.48 Å². The molecule has 1 aromatic carbocycles. The second-order valence-electron chi connectivity index (χ2n) is 3.56. The van der Waals surface area contributed by atoms with Gasteiger partial charge in [-0.05, 0) is 18.4 Å². The van der Waals surface area contributed by atoms with Crippen molar-refractivity contribution in [3.8, 4) is 0 Å². The van der Waals surface area contributed by atoms with Crippen LogP contribution >= 0.6 is 0 Å². The molecule has 1 aliphatic carbocycles. The zero-order valence-electron chi connectivity index (χ0n) is 8.94. The first-order valence-corrected chi connectivity index (χ1v) is 5.02. The molecule has 5 heteroatoms. The highest BCUT2D eigenvalue weighted by Crippen LogP contribution is 2.26. The summed E-state index contributed by atoms with van der Waals surface area (Å²) in [6.45, 7) is 0. The van der Waals surface area contributed by atoms with Gasteiger partial charge in [-0.2, -0.15) is 0 Å². The topological polar surface area (TPSA) is 77.2 Å². The summed E-state index contributed by atoms with van der Waals surface area (Å²) in [6.07, 6.45) is 1.51. The number of aliphatic imine (C=N–C) groups is 1. The van der Waals surface area contributed by atoms with Gasteiger partial charge in [0.2, 0.25) is 0 Å². The molecule has 16 heavy (non-hydrogen) atoms. The minimum Gasteiger partial charge on any atom is -0.411 e. The van der Waals surface area contributed by atoms with Crippen LogP contribution in [0.25, 0.3) is 0 Å². The van der Waals surface area contributed by atoms with Crippen LogP contribution in [0.1, 0.15) is 23.1 Å². The summed E-state index contributed by atoms with van der Waals surface area (Å²) < 4.78 is 0. The largest absolute Gasteiger partial charge is 0.411 e. The molecule has 0 unspecified atom stereocenters. The highest BCUT2D eigenvalue weighted by Gasteiger charge is 2.22. The van der Waals surface area contributed by atoms with Crippen LogP contribution in [0.5, 0.6) is 0 Å². The maximum Gasteiger partial charge on any atom is 0.152 e. The smallest absolute Gasteiger partial charge is 0.152 e. The molecule has 3 N–H and O–H groups in total. The number of nitrogens with one attached hydrogen (secondary N) is 1. The number of amidine groups is 1. The van der Waals surface area contributed by atoms with Gasteiger partial charge in [0.15, 0.2) is 5.84 Å². The molecule has 2 rings (SSSR count). The molecule has 0 radical (unpaired) electrons. The summed E-state index contributed by atoms with van der Waals surface area (Å²) in [5.41, 5.74) is 5.59. The third-order valence-electron chi connectivity index (χ3n) is 2.80. The normalized spacial score (nSPS) is 17.6. The molecule has 1 aliphatic rings. The fourth-order valence-electron chi connectivity index (χ4n) is 2.06. The number of rotatable bonds is 1. The fourth-order valence-corrected chi connectivity index (χ4v) is 2.06. The molecule has 0 aliphatic heterocycles. The lowest BCUT2D eigenvalue weighted by Gasteiger charge is -2.09. The second-order valence-corrected chi connectivity index (χ2v) is 3.56. The van der Waals surface area contributed by atoms with Crippen LogP contribution in [0.4, 0.5) is 0 Å². The van der Waals surface area contributed by atoms with E-state index in [1.807, 2.05) is 18.2 Å². The SMILES string of the molecule is CN=C(NO)c1cccc2c1CC/C2=N/O. The number of hydrogen-bond acceptors (Lipinski definition) is 4. The van der Waals surface area contributed by atoms with E-state index in [2.05, 4.69) is 15.6 Å². The minimum atomic E-state index is 0.427. The molecule has 0 atom stereocenters. The number of hydrogen-bond donors (Lipinski definition) is 3. The Bertz CT molecular complexity index is 466. The summed E-state index contributed by atoms with van der Waals surface area (Å²) in [6, 6.07) is 5.64. The lowest BCUT2D eigenvalue weighted by atomic mass is 10.0. The van der Waals surface area contributed by atoms with Crippen molar-refractivity contribution in [2.45, 2.75) is 12.8 Å². The van der Waals surface area contributed by atoms with E-state index < -0.39 is 0 Å². The third-order valence-corrected chi connectivity index (χ3v) is 2.80. The van der Waals surface area contributed by atoms with Crippen LogP contribution in [-0.4, -0.2) is 29.0 Å². The highest BCUT2D eigenvalue weighted by atomic mass is 16.5. The molecule has 0 spiro atoms. The lowest BCUT2D eigenvalue weighted by Crippen LogP contribution is -2.21. The molecule has 0 amide bonds. The fraction of sp³-hybridized carbons (Fsp3) is 0.273. The maximum absolute atomic E-state index is 8.97. The Kier molecular flexibility index (Phi) is 2.87. The Morgan fingerprint density at radius 2 is 2.19 bits per heavy atom. The molecule has 0 saturated heterocycles. The molecular formula is C11H13N3O2. The zero-order chi connectivity index (χ0) is 11.5. The van der Waals surface area contributed by atoms with Crippen LogP contribution in [0.15, 0.2) is 28.3 Å². The first kappa shape index (κ1) is 10.6. The van der Waals surface area contributed by atoms with Crippen molar-refractivity contribution in [3.63, 3.8) is 0 Å². The second kappa shape index (κ2) is 4.32. The van der Waals surface area contributed by atoms with Gasteiger partial charge in [-0.25, -0.2) is 0 Å². The number of hydroxylamine groups is 1. The van der Waals surface area contributed by atoms with Crippen LogP contribution in [0.3, 0.4) is 0 Å². The van der Waals surface area contributed by atoms with Crippen molar-refractivity contribution in [3.05, 3.63) is 34.9 Å².